The van der Waals surface area contributed by atoms with Crippen LogP contribution in [0.1, 0.15) is 11.4 Å². The van der Waals surface area contributed by atoms with Crippen molar-refractivity contribution in [2.45, 2.75) is 13.1 Å². The van der Waals surface area contributed by atoms with Crippen molar-refractivity contribution in [1.29, 1.82) is 0 Å². The maximum Gasteiger partial charge on any atom is 0.433 e. The largest absolute Gasteiger partial charge is 0.433 e. The van der Waals surface area contributed by atoms with E-state index >= 15 is 0 Å². The molecule has 0 fully saturated rings. The number of alkyl halides is 3. The summed E-state index contributed by atoms with van der Waals surface area (Å²) in [6, 6.07) is 5.66. The van der Waals surface area contributed by atoms with Gasteiger partial charge in [0.1, 0.15) is 17.8 Å². The van der Waals surface area contributed by atoms with Gasteiger partial charge in [0.25, 0.3) is 0 Å². The summed E-state index contributed by atoms with van der Waals surface area (Å²) in [5.74, 6) is 0.367. The van der Waals surface area contributed by atoms with Crippen LogP contribution in [-0.2, 0) is 6.18 Å². The fourth-order valence-corrected chi connectivity index (χ4v) is 2.29. The topological polar surface area (TPSA) is 77.6 Å². The first kappa shape index (κ1) is 15.9. The molecule has 0 unspecified atom stereocenters. The standard InChI is InChI=1S/C16H12F3N5/c1-9-14(10-3-5-13(20)22-6-10)15(24-8-23-9)11-2-4-12(21-7-11)16(17,18)19/h2-8H,1H3,(H2,20,22). The van der Waals surface area contributed by atoms with Gasteiger partial charge in [-0.1, -0.05) is 0 Å². The highest BCUT2D eigenvalue weighted by Crippen LogP contribution is 2.33. The molecule has 0 aromatic carbocycles. The maximum atomic E-state index is 12.7. The number of nitrogens with zero attached hydrogens (tertiary/aromatic N) is 4. The van der Waals surface area contributed by atoms with Crippen LogP contribution in [0, 0.1) is 6.92 Å². The number of hydrogen-bond donors (Lipinski definition) is 1. The molecular weight excluding hydrogens is 319 g/mol. The number of aryl methyl sites for hydroxylation is 1. The first-order valence-electron chi connectivity index (χ1n) is 6.93. The lowest BCUT2D eigenvalue weighted by Crippen LogP contribution is -2.07. The van der Waals surface area contributed by atoms with Crippen LogP contribution in [0.4, 0.5) is 19.0 Å². The third kappa shape index (κ3) is 3.03. The van der Waals surface area contributed by atoms with Gasteiger partial charge in [0.2, 0.25) is 0 Å². The van der Waals surface area contributed by atoms with Crippen LogP contribution in [-0.4, -0.2) is 19.9 Å². The minimum atomic E-state index is -4.48. The summed E-state index contributed by atoms with van der Waals surface area (Å²) in [5, 5.41) is 0. The van der Waals surface area contributed by atoms with Gasteiger partial charge in [-0.05, 0) is 31.2 Å². The number of nitrogens with two attached hydrogens (primary N) is 1. The molecule has 0 bridgehead atoms. The third-order valence-corrected chi connectivity index (χ3v) is 3.44. The Labute approximate surface area is 135 Å². The Bertz CT molecular complexity index is 858. The zero-order valence-electron chi connectivity index (χ0n) is 12.5. The second kappa shape index (κ2) is 5.88. The molecule has 0 aliphatic heterocycles. The Morgan fingerprint density at radius 2 is 1.58 bits per heavy atom. The summed E-state index contributed by atoms with van der Waals surface area (Å²) in [5.41, 5.74) is 7.64. The van der Waals surface area contributed by atoms with Crippen LogP contribution in [0.2, 0.25) is 0 Å². The SMILES string of the molecule is Cc1ncnc(-c2ccc(C(F)(F)F)nc2)c1-c1ccc(N)nc1. The molecule has 3 heterocycles. The van der Waals surface area contributed by atoms with Crippen molar-refractivity contribution >= 4 is 5.82 Å². The second-order valence-electron chi connectivity index (χ2n) is 5.08. The fraction of sp³-hybridized carbons (Fsp3) is 0.125. The molecule has 122 valence electrons. The molecule has 3 rings (SSSR count). The summed E-state index contributed by atoms with van der Waals surface area (Å²) in [6.45, 7) is 1.79. The molecule has 0 amide bonds. The van der Waals surface area contributed by atoms with Crippen LogP contribution in [0.25, 0.3) is 22.4 Å². The molecule has 3 aromatic heterocycles. The summed E-state index contributed by atoms with van der Waals surface area (Å²) in [7, 11) is 0. The summed E-state index contributed by atoms with van der Waals surface area (Å²) < 4.78 is 38.0. The minimum absolute atomic E-state index is 0.367. The minimum Gasteiger partial charge on any atom is -0.384 e. The molecule has 8 heteroatoms. The van der Waals surface area contributed by atoms with E-state index in [0.717, 1.165) is 17.8 Å². The van der Waals surface area contributed by atoms with E-state index in [-0.39, 0.29) is 0 Å². The summed E-state index contributed by atoms with van der Waals surface area (Å²) >= 11 is 0. The van der Waals surface area contributed by atoms with Crippen LogP contribution < -0.4 is 5.73 Å². The molecule has 5 nitrogen and oxygen atoms in total. The Kier molecular flexibility index (Phi) is 3.88. The molecule has 0 aliphatic rings. The van der Waals surface area contributed by atoms with E-state index in [9.17, 15) is 13.2 Å². The monoisotopic (exact) mass is 331 g/mol. The quantitative estimate of drug-likeness (QED) is 0.777. The van der Waals surface area contributed by atoms with Crippen LogP contribution in [0.15, 0.2) is 43.0 Å². The van der Waals surface area contributed by atoms with Crippen LogP contribution in [0.3, 0.4) is 0 Å². The van der Waals surface area contributed by atoms with Crippen molar-refractivity contribution in [2.75, 3.05) is 5.73 Å². The summed E-state index contributed by atoms with van der Waals surface area (Å²) in [6.07, 6.45) is -0.402. The van der Waals surface area contributed by atoms with Crippen molar-refractivity contribution in [3.05, 3.63) is 54.4 Å². The number of hydrogen-bond acceptors (Lipinski definition) is 5. The van der Waals surface area contributed by atoms with Gasteiger partial charge in [-0.3, -0.25) is 4.98 Å². The molecule has 0 spiro atoms. The Morgan fingerprint density at radius 3 is 2.17 bits per heavy atom. The Hall–Kier alpha value is -3.03. The molecule has 24 heavy (non-hydrogen) atoms. The van der Waals surface area contributed by atoms with Crippen LogP contribution in [0.5, 0.6) is 0 Å². The first-order chi connectivity index (χ1) is 11.4. The van der Waals surface area contributed by atoms with Gasteiger partial charge in [0, 0.05) is 34.8 Å². The Morgan fingerprint density at radius 1 is 0.875 bits per heavy atom. The van der Waals surface area contributed by atoms with E-state index in [1.54, 1.807) is 25.3 Å². The molecule has 0 saturated carbocycles. The fourth-order valence-electron chi connectivity index (χ4n) is 2.29. The van der Waals surface area contributed by atoms with Crippen molar-refractivity contribution < 1.29 is 13.2 Å². The van der Waals surface area contributed by atoms with Gasteiger partial charge < -0.3 is 5.73 Å². The Balaban J connectivity index is 2.12. The highest BCUT2D eigenvalue weighted by Gasteiger charge is 2.32. The van der Waals surface area contributed by atoms with Crippen molar-refractivity contribution in [3.8, 4) is 22.4 Å². The number of pyridine rings is 2. The second-order valence-corrected chi connectivity index (χ2v) is 5.08. The lowest BCUT2D eigenvalue weighted by Gasteiger charge is -2.12. The van der Waals surface area contributed by atoms with E-state index in [2.05, 4.69) is 19.9 Å². The molecule has 0 radical (unpaired) electrons. The van der Waals surface area contributed by atoms with Gasteiger partial charge in [-0.15, -0.1) is 0 Å². The number of halogens is 3. The van der Waals surface area contributed by atoms with E-state index in [1.165, 1.54) is 12.4 Å². The molecule has 3 aromatic rings. The predicted molar refractivity (Wildman–Crippen MR) is 82.6 cm³/mol. The van der Waals surface area contributed by atoms with Crippen molar-refractivity contribution in [3.63, 3.8) is 0 Å². The highest BCUT2D eigenvalue weighted by molar-refractivity contribution is 5.81. The van der Waals surface area contributed by atoms with Crippen molar-refractivity contribution in [2.24, 2.45) is 0 Å². The van der Waals surface area contributed by atoms with Gasteiger partial charge in [0.05, 0.1) is 5.69 Å². The summed E-state index contributed by atoms with van der Waals surface area (Å²) in [4.78, 5) is 15.9. The number of nitrogen functional groups attached to an aromatic ring is 1. The van der Waals surface area contributed by atoms with E-state index < -0.39 is 11.9 Å². The smallest absolute Gasteiger partial charge is 0.384 e. The molecule has 2 N–H and O–H groups in total. The highest BCUT2D eigenvalue weighted by atomic mass is 19.4. The van der Waals surface area contributed by atoms with Crippen molar-refractivity contribution in [1.82, 2.24) is 19.9 Å². The average Bonchev–Trinajstić information content (AvgIpc) is 2.55. The lowest BCUT2D eigenvalue weighted by molar-refractivity contribution is -0.141. The number of anilines is 1. The maximum absolute atomic E-state index is 12.7. The third-order valence-electron chi connectivity index (χ3n) is 3.44. The predicted octanol–water partition coefficient (Wildman–Crippen LogP) is 3.51. The normalized spacial score (nSPS) is 11.5. The van der Waals surface area contributed by atoms with E-state index in [0.29, 0.717) is 28.3 Å². The molecule has 0 atom stereocenters. The molecular formula is C16H12F3N5. The zero-order chi connectivity index (χ0) is 17.3. The van der Waals surface area contributed by atoms with Crippen LogP contribution >= 0.6 is 0 Å². The average molecular weight is 331 g/mol. The van der Waals surface area contributed by atoms with Gasteiger partial charge in [-0.2, -0.15) is 13.2 Å². The first-order valence-corrected chi connectivity index (χ1v) is 6.93. The number of aromatic nitrogens is 4. The number of rotatable bonds is 2. The van der Waals surface area contributed by atoms with E-state index in [4.69, 9.17) is 5.73 Å². The van der Waals surface area contributed by atoms with Gasteiger partial charge in [-0.25, -0.2) is 15.0 Å². The molecule has 0 saturated heterocycles. The zero-order valence-corrected chi connectivity index (χ0v) is 12.5. The van der Waals surface area contributed by atoms with Gasteiger partial charge >= 0.3 is 6.18 Å². The molecule has 0 aliphatic carbocycles. The van der Waals surface area contributed by atoms with Gasteiger partial charge in [0.15, 0.2) is 0 Å². The van der Waals surface area contributed by atoms with E-state index in [1.807, 2.05) is 0 Å². The lowest BCUT2D eigenvalue weighted by atomic mass is 10.00.